The Kier molecular flexibility index (Phi) is 4.26. The fourth-order valence-corrected chi connectivity index (χ4v) is 1.61. The number of hydrogen-bond donors (Lipinski definition) is 1. The Morgan fingerprint density at radius 3 is 2.62 bits per heavy atom. The van der Waals surface area contributed by atoms with Crippen molar-refractivity contribution in [1.82, 2.24) is 0 Å². The first-order chi connectivity index (χ1) is 7.41. The van der Waals surface area contributed by atoms with E-state index in [1.54, 1.807) is 13.0 Å². The molecule has 16 heavy (non-hydrogen) atoms. The molecule has 0 heterocycles. The van der Waals surface area contributed by atoms with Gasteiger partial charge in [-0.1, -0.05) is 18.5 Å². The Morgan fingerprint density at radius 1 is 1.50 bits per heavy atom. The van der Waals surface area contributed by atoms with Gasteiger partial charge in [0.2, 0.25) is 0 Å². The summed E-state index contributed by atoms with van der Waals surface area (Å²) in [5.41, 5.74) is 0.614. The number of nitrogens with zero attached hydrogens (tertiary/aromatic N) is 1. The van der Waals surface area contributed by atoms with Crippen LogP contribution in [-0.4, -0.2) is 16.1 Å². The van der Waals surface area contributed by atoms with Gasteiger partial charge in [0, 0.05) is 16.7 Å². The molecular formula is C11H14ClNO3. The average Bonchev–Trinajstić information content (AvgIpc) is 2.16. The summed E-state index contributed by atoms with van der Waals surface area (Å²) in [7, 11) is 0. The quantitative estimate of drug-likeness (QED) is 0.653. The summed E-state index contributed by atoms with van der Waals surface area (Å²) in [5, 5.41) is 20.6. The van der Waals surface area contributed by atoms with Crippen molar-refractivity contribution in [1.29, 1.82) is 0 Å². The monoisotopic (exact) mass is 243 g/mol. The molecule has 4 nitrogen and oxygen atoms in total. The zero-order chi connectivity index (χ0) is 12.3. The number of halogens is 1. The molecule has 0 aliphatic rings. The van der Waals surface area contributed by atoms with E-state index in [9.17, 15) is 15.2 Å². The van der Waals surface area contributed by atoms with Crippen molar-refractivity contribution in [2.45, 2.75) is 26.4 Å². The lowest BCUT2D eigenvalue weighted by Gasteiger charge is -2.14. The molecule has 0 saturated heterocycles. The SMILES string of the molecule is CC(O)C(C)Cc1cc(Cl)ccc1[N+](=O)[O-]. The van der Waals surface area contributed by atoms with Gasteiger partial charge in [-0.2, -0.15) is 0 Å². The van der Waals surface area contributed by atoms with Crippen molar-refractivity contribution in [2.24, 2.45) is 5.92 Å². The van der Waals surface area contributed by atoms with E-state index in [-0.39, 0.29) is 11.6 Å². The van der Waals surface area contributed by atoms with Crippen molar-refractivity contribution in [3.63, 3.8) is 0 Å². The predicted molar refractivity (Wildman–Crippen MR) is 62.7 cm³/mol. The van der Waals surface area contributed by atoms with Crippen molar-refractivity contribution >= 4 is 17.3 Å². The molecule has 88 valence electrons. The molecule has 2 unspecified atom stereocenters. The van der Waals surface area contributed by atoms with Crippen LogP contribution in [0.4, 0.5) is 5.69 Å². The lowest BCUT2D eigenvalue weighted by atomic mass is 9.96. The second kappa shape index (κ2) is 5.27. The van der Waals surface area contributed by atoms with Crippen LogP contribution in [0, 0.1) is 16.0 Å². The summed E-state index contributed by atoms with van der Waals surface area (Å²) in [4.78, 5) is 10.4. The van der Waals surface area contributed by atoms with Crippen LogP contribution < -0.4 is 0 Å². The summed E-state index contributed by atoms with van der Waals surface area (Å²) in [5.74, 6) is -0.0443. The molecule has 0 spiro atoms. The van der Waals surface area contributed by atoms with Gasteiger partial charge in [0.05, 0.1) is 11.0 Å². The molecule has 5 heteroatoms. The molecule has 1 aromatic rings. The van der Waals surface area contributed by atoms with E-state index in [2.05, 4.69) is 0 Å². The first-order valence-corrected chi connectivity index (χ1v) is 5.40. The molecule has 0 fully saturated rings. The van der Waals surface area contributed by atoms with Crippen molar-refractivity contribution in [3.8, 4) is 0 Å². The Hall–Kier alpha value is -1.13. The Labute approximate surface area is 99.0 Å². The second-order valence-electron chi connectivity index (χ2n) is 3.95. The average molecular weight is 244 g/mol. The molecule has 1 aromatic carbocycles. The first kappa shape index (κ1) is 12.9. The zero-order valence-corrected chi connectivity index (χ0v) is 9.94. The Bertz CT molecular complexity index is 393. The summed E-state index contributed by atoms with van der Waals surface area (Å²) >= 11 is 5.80. The highest BCUT2D eigenvalue weighted by molar-refractivity contribution is 6.30. The largest absolute Gasteiger partial charge is 0.393 e. The minimum atomic E-state index is -0.501. The number of hydrogen-bond acceptors (Lipinski definition) is 3. The maximum Gasteiger partial charge on any atom is 0.272 e. The highest BCUT2D eigenvalue weighted by Gasteiger charge is 2.18. The fraction of sp³-hybridized carbons (Fsp3) is 0.455. The number of benzene rings is 1. The molecule has 2 atom stereocenters. The summed E-state index contributed by atoms with van der Waals surface area (Å²) < 4.78 is 0. The number of aliphatic hydroxyl groups is 1. The standard InChI is InChI=1S/C11H14ClNO3/c1-7(8(2)14)5-9-6-10(12)3-4-11(9)13(15)16/h3-4,6-8,14H,5H2,1-2H3. The lowest BCUT2D eigenvalue weighted by Crippen LogP contribution is -2.16. The summed E-state index contributed by atoms with van der Waals surface area (Å²) in [6.07, 6.45) is -0.0623. The van der Waals surface area contributed by atoms with Crippen LogP contribution >= 0.6 is 11.6 Å². The molecule has 0 saturated carbocycles. The Morgan fingerprint density at radius 2 is 2.12 bits per heavy atom. The molecule has 0 radical (unpaired) electrons. The van der Waals surface area contributed by atoms with Gasteiger partial charge in [0.15, 0.2) is 0 Å². The lowest BCUT2D eigenvalue weighted by molar-refractivity contribution is -0.385. The Balaban J connectivity index is 3.01. The third-order valence-electron chi connectivity index (χ3n) is 2.60. The van der Waals surface area contributed by atoms with Gasteiger partial charge in [0.1, 0.15) is 0 Å². The van der Waals surface area contributed by atoms with Gasteiger partial charge in [-0.25, -0.2) is 0 Å². The zero-order valence-electron chi connectivity index (χ0n) is 9.18. The maximum atomic E-state index is 10.8. The van der Waals surface area contributed by atoms with Gasteiger partial charge in [-0.15, -0.1) is 0 Å². The maximum absolute atomic E-state index is 10.8. The fourth-order valence-electron chi connectivity index (χ4n) is 1.41. The smallest absolute Gasteiger partial charge is 0.272 e. The van der Waals surface area contributed by atoms with Crippen LogP contribution in [0.2, 0.25) is 5.02 Å². The van der Waals surface area contributed by atoms with Gasteiger partial charge < -0.3 is 5.11 Å². The highest BCUT2D eigenvalue weighted by Crippen LogP contribution is 2.25. The molecule has 0 aliphatic carbocycles. The van der Waals surface area contributed by atoms with Gasteiger partial charge in [-0.05, 0) is 31.4 Å². The van der Waals surface area contributed by atoms with Gasteiger partial charge in [-0.3, -0.25) is 10.1 Å². The number of aliphatic hydroxyl groups excluding tert-OH is 1. The van der Waals surface area contributed by atoms with Crippen molar-refractivity contribution < 1.29 is 10.0 Å². The molecule has 1 rings (SSSR count). The third kappa shape index (κ3) is 3.18. The molecule has 0 amide bonds. The van der Waals surface area contributed by atoms with Crippen LogP contribution in [-0.2, 0) is 6.42 Å². The second-order valence-corrected chi connectivity index (χ2v) is 4.39. The van der Waals surface area contributed by atoms with E-state index < -0.39 is 11.0 Å². The van der Waals surface area contributed by atoms with Crippen molar-refractivity contribution in [3.05, 3.63) is 38.9 Å². The normalized spacial score (nSPS) is 14.5. The van der Waals surface area contributed by atoms with Crippen LogP contribution in [0.1, 0.15) is 19.4 Å². The molecule has 0 bridgehead atoms. The molecule has 1 N–H and O–H groups in total. The molecular weight excluding hydrogens is 230 g/mol. The minimum absolute atomic E-state index is 0.0443. The minimum Gasteiger partial charge on any atom is -0.393 e. The number of nitro groups is 1. The van der Waals surface area contributed by atoms with Crippen LogP contribution in [0.15, 0.2) is 18.2 Å². The van der Waals surface area contributed by atoms with E-state index in [1.165, 1.54) is 12.1 Å². The predicted octanol–water partition coefficient (Wildman–Crippen LogP) is 2.81. The van der Waals surface area contributed by atoms with Gasteiger partial charge >= 0.3 is 0 Å². The number of nitro benzene ring substituents is 1. The van der Waals surface area contributed by atoms with Crippen LogP contribution in [0.5, 0.6) is 0 Å². The first-order valence-electron chi connectivity index (χ1n) is 5.02. The van der Waals surface area contributed by atoms with Gasteiger partial charge in [0.25, 0.3) is 5.69 Å². The topological polar surface area (TPSA) is 63.4 Å². The van der Waals surface area contributed by atoms with E-state index in [4.69, 9.17) is 11.6 Å². The molecule has 0 aliphatic heterocycles. The highest BCUT2D eigenvalue weighted by atomic mass is 35.5. The van der Waals surface area contributed by atoms with E-state index >= 15 is 0 Å². The van der Waals surface area contributed by atoms with Crippen molar-refractivity contribution in [2.75, 3.05) is 0 Å². The van der Waals surface area contributed by atoms with E-state index in [1.807, 2.05) is 6.92 Å². The third-order valence-corrected chi connectivity index (χ3v) is 2.84. The number of rotatable bonds is 4. The van der Waals surface area contributed by atoms with E-state index in [0.717, 1.165) is 0 Å². The summed E-state index contributed by atoms with van der Waals surface area (Å²) in [6.45, 7) is 3.51. The summed E-state index contributed by atoms with van der Waals surface area (Å²) in [6, 6.07) is 4.47. The molecule has 0 aromatic heterocycles. The van der Waals surface area contributed by atoms with Crippen LogP contribution in [0.3, 0.4) is 0 Å². The van der Waals surface area contributed by atoms with E-state index in [0.29, 0.717) is 17.0 Å². The van der Waals surface area contributed by atoms with Crippen LogP contribution in [0.25, 0.3) is 0 Å².